The van der Waals surface area contributed by atoms with Crippen LogP contribution < -0.4 is 26.7 Å². The molecule has 33 heavy (non-hydrogen) atoms. The van der Waals surface area contributed by atoms with Crippen molar-refractivity contribution in [2.75, 3.05) is 35.6 Å². The average molecular weight is 491 g/mol. The lowest BCUT2D eigenvalue weighted by atomic mass is 10.2. The Balaban J connectivity index is 1.59. The van der Waals surface area contributed by atoms with E-state index >= 15 is 0 Å². The summed E-state index contributed by atoms with van der Waals surface area (Å²) >= 11 is 7.37. The molecule has 0 unspecified atom stereocenters. The number of nitrogens with one attached hydrogen (secondary N) is 5. The largest absolute Gasteiger partial charge is 0.369 e. The van der Waals surface area contributed by atoms with E-state index in [0.29, 0.717) is 51.3 Å². The number of hydroxylamine groups is 1. The normalized spacial score (nSPS) is 10.5. The van der Waals surface area contributed by atoms with Crippen LogP contribution in [0.25, 0.3) is 0 Å². The number of thiazole rings is 1. The molecule has 2 amide bonds. The predicted octanol–water partition coefficient (Wildman–Crippen LogP) is 2.71. The van der Waals surface area contributed by atoms with Gasteiger partial charge in [0.15, 0.2) is 5.13 Å². The topological polar surface area (TPSA) is 153 Å². The van der Waals surface area contributed by atoms with Crippen LogP contribution in [0.2, 0.25) is 5.02 Å². The maximum Gasteiger partial charge on any atom is 0.267 e. The van der Waals surface area contributed by atoms with Gasteiger partial charge in [0, 0.05) is 19.2 Å². The van der Waals surface area contributed by atoms with Gasteiger partial charge >= 0.3 is 0 Å². The molecule has 2 aromatic heterocycles. The molecule has 0 fully saturated rings. The molecule has 11 nitrogen and oxygen atoms in total. The Kier molecular flexibility index (Phi) is 8.49. The monoisotopic (exact) mass is 490 g/mol. The van der Waals surface area contributed by atoms with Crippen LogP contribution in [0.3, 0.4) is 0 Å². The average Bonchev–Trinajstić information content (AvgIpc) is 3.24. The third kappa shape index (κ3) is 7.08. The molecular weight excluding hydrogens is 468 g/mol. The minimum atomic E-state index is -0.516. The first-order chi connectivity index (χ1) is 15.9. The first-order valence-electron chi connectivity index (χ1n) is 9.88. The summed E-state index contributed by atoms with van der Waals surface area (Å²) in [4.78, 5) is 36.9. The van der Waals surface area contributed by atoms with Gasteiger partial charge in [-0.2, -0.15) is 0 Å². The van der Waals surface area contributed by atoms with E-state index in [9.17, 15) is 9.59 Å². The molecule has 0 radical (unpaired) electrons. The Bertz CT molecular complexity index is 1120. The number of aryl methyl sites for hydroxylation is 2. The summed E-state index contributed by atoms with van der Waals surface area (Å²) in [6, 6.07) is 7.11. The van der Waals surface area contributed by atoms with E-state index in [4.69, 9.17) is 16.8 Å². The number of aromatic nitrogens is 3. The number of nitrogens with zero attached hydrogens (tertiary/aromatic N) is 3. The molecule has 174 valence electrons. The minimum Gasteiger partial charge on any atom is -0.369 e. The number of amides is 2. The lowest BCUT2D eigenvalue weighted by molar-refractivity contribution is -0.128. The third-order valence-electron chi connectivity index (χ3n) is 4.28. The quantitative estimate of drug-likeness (QED) is 0.143. The fourth-order valence-electron chi connectivity index (χ4n) is 2.75. The van der Waals surface area contributed by atoms with E-state index in [0.717, 1.165) is 5.56 Å². The summed E-state index contributed by atoms with van der Waals surface area (Å²) < 4.78 is 0. The van der Waals surface area contributed by atoms with E-state index in [1.807, 2.05) is 19.1 Å². The molecule has 2 heterocycles. The van der Waals surface area contributed by atoms with Gasteiger partial charge < -0.3 is 21.3 Å². The van der Waals surface area contributed by atoms with Gasteiger partial charge in [0.05, 0.1) is 23.5 Å². The molecule has 0 saturated heterocycles. The first kappa shape index (κ1) is 24.3. The Hall–Kier alpha value is -3.32. The van der Waals surface area contributed by atoms with Crippen LogP contribution in [0.15, 0.2) is 30.5 Å². The number of hydrogen-bond donors (Lipinski definition) is 6. The molecule has 3 rings (SSSR count). The Morgan fingerprint density at radius 2 is 1.94 bits per heavy atom. The number of benzene rings is 1. The fourth-order valence-corrected chi connectivity index (χ4v) is 3.74. The summed E-state index contributed by atoms with van der Waals surface area (Å²) in [5.41, 5.74) is 2.98. The van der Waals surface area contributed by atoms with Crippen LogP contribution in [0, 0.1) is 13.8 Å². The van der Waals surface area contributed by atoms with Gasteiger partial charge in [-0.25, -0.2) is 20.4 Å². The molecule has 0 aliphatic carbocycles. The number of anilines is 4. The van der Waals surface area contributed by atoms with Crippen molar-refractivity contribution >= 4 is 57.2 Å². The highest BCUT2D eigenvalue weighted by Gasteiger charge is 2.14. The van der Waals surface area contributed by atoms with Gasteiger partial charge in [-0.05, 0) is 25.5 Å². The van der Waals surface area contributed by atoms with Gasteiger partial charge in [-0.15, -0.1) is 0 Å². The fraction of sp³-hybridized carbons (Fsp3) is 0.250. The van der Waals surface area contributed by atoms with E-state index < -0.39 is 5.91 Å². The van der Waals surface area contributed by atoms with E-state index in [2.05, 4.69) is 36.2 Å². The van der Waals surface area contributed by atoms with E-state index in [1.54, 1.807) is 24.5 Å². The molecule has 1 aromatic carbocycles. The molecule has 13 heteroatoms. The number of para-hydroxylation sites is 1. The SMILES string of the molecule is Cc1nc(NCCNCC(=O)NO)cc(Nc2ncc(C(=O)Nc3c(C)cccc3Cl)s2)n1. The van der Waals surface area contributed by atoms with Crippen molar-refractivity contribution in [1.82, 2.24) is 25.7 Å². The van der Waals surface area contributed by atoms with Crippen molar-refractivity contribution < 1.29 is 14.8 Å². The van der Waals surface area contributed by atoms with Crippen molar-refractivity contribution in [1.29, 1.82) is 0 Å². The van der Waals surface area contributed by atoms with Crippen molar-refractivity contribution in [3.63, 3.8) is 0 Å². The molecule has 0 aliphatic heterocycles. The summed E-state index contributed by atoms with van der Waals surface area (Å²) in [5.74, 6) is 0.819. The smallest absolute Gasteiger partial charge is 0.267 e. The molecule has 0 bridgehead atoms. The molecular formula is C20H23ClN8O3S. The zero-order valence-electron chi connectivity index (χ0n) is 17.9. The second kappa shape index (κ2) is 11.5. The highest BCUT2D eigenvalue weighted by Crippen LogP contribution is 2.28. The highest BCUT2D eigenvalue weighted by molar-refractivity contribution is 7.17. The van der Waals surface area contributed by atoms with Crippen LogP contribution in [0.4, 0.5) is 22.5 Å². The number of carbonyl (C=O) groups excluding carboxylic acids is 2. The maximum atomic E-state index is 12.6. The summed E-state index contributed by atoms with van der Waals surface area (Å²) in [7, 11) is 0. The van der Waals surface area contributed by atoms with Crippen molar-refractivity contribution in [3.8, 4) is 0 Å². The Morgan fingerprint density at radius 3 is 2.70 bits per heavy atom. The van der Waals surface area contributed by atoms with Crippen LogP contribution in [0.1, 0.15) is 21.1 Å². The van der Waals surface area contributed by atoms with Crippen LogP contribution in [-0.2, 0) is 4.79 Å². The summed E-state index contributed by atoms with van der Waals surface area (Å²) in [5, 5.41) is 21.3. The van der Waals surface area contributed by atoms with Gasteiger partial charge in [0.25, 0.3) is 11.8 Å². The van der Waals surface area contributed by atoms with Crippen LogP contribution in [-0.4, -0.2) is 51.6 Å². The molecule has 0 saturated carbocycles. The zero-order chi connectivity index (χ0) is 23.8. The maximum absolute atomic E-state index is 12.6. The predicted molar refractivity (Wildman–Crippen MR) is 128 cm³/mol. The van der Waals surface area contributed by atoms with Crippen LogP contribution >= 0.6 is 22.9 Å². The van der Waals surface area contributed by atoms with Crippen molar-refractivity contribution in [2.45, 2.75) is 13.8 Å². The van der Waals surface area contributed by atoms with Crippen molar-refractivity contribution in [3.05, 3.63) is 51.7 Å². The van der Waals surface area contributed by atoms with Gasteiger partial charge in [-0.3, -0.25) is 14.8 Å². The molecule has 0 atom stereocenters. The lowest BCUT2D eigenvalue weighted by Crippen LogP contribution is -2.34. The Morgan fingerprint density at radius 1 is 1.15 bits per heavy atom. The van der Waals surface area contributed by atoms with Gasteiger partial charge in [-0.1, -0.05) is 35.1 Å². The Labute approximate surface area is 199 Å². The molecule has 6 N–H and O–H groups in total. The zero-order valence-corrected chi connectivity index (χ0v) is 19.5. The molecule has 0 spiro atoms. The van der Waals surface area contributed by atoms with Crippen LogP contribution in [0.5, 0.6) is 0 Å². The van der Waals surface area contributed by atoms with Gasteiger partial charge in [0.1, 0.15) is 22.3 Å². The minimum absolute atomic E-state index is 0.00376. The highest BCUT2D eigenvalue weighted by atomic mass is 35.5. The second-order valence-electron chi connectivity index (χ2n) is 6.86. The number of carbonyl (C=O) groups is 2. The standard InChI is InChI=1S/C20H23ClN8O3S/c1-11-4-3-5-13(21)18(11)28-19(31)14-9-24-20(33-14)27-16-8-15(25-12(2)26-16)23-7-6-22-10-17(30)29-32/h3-5,8-9,22,32H,6-7,10H2,1-2H3,(H,28,31)(H,29,30)(H2,23,24,25,26,27). The summed E-state index contributed by atoms with van der Waals surface area (Å²) in [6.07, 6.45) is 1.48. The van der Waals surface area contributed by atoms with Crippen molar-refractivity contribution in [2.24, 2.45) is 0 Å². The van der Waals surface area contributed by atoms with Gasteiger partial charge in [0.2, 0.25) is 0 Å². The first-order valence-corrected chi connectivity index (χ1v) is 11.1. The molecule has 0 aliphatic rings. The van der Waals surface area contributed by atoms with E-state index in [-0.39, 0.29) is 12.5 Å². The number of halogens is 1. The second-order valence-corrected chi connectivity index (χ2v) is 8.30. The van der Waals surface area contributed by atoms with E-state index in [1.165, 1.54) is 17.5 Å². The third-order valence-corrected chi connectivity index (χ3v) is 5.51. The number of rotatable bonds is 10. The number of hydrogen-bond acceptors (Lipinski definition) is 10. The molecule has 3 aromatic rings. The summed E-state index contributed by atoms with van der Waals surface area (Å²) in [6.45, 7) is 4.61. The lowest BCUT2D eigenvalue weighted by Gasteiger charge is -2.09.